The molecule has 0 radical (unpaired) electrons. The maximum Gasteiger partial charge on any atom is 0.254 e. The topological polar surface area (TPSA) is 38.3 Å². The Kier molecular flexibility index (Phi) is 5.71. The van der Waals surface area contributed by atoms with Crippen LogP contribution in [0.1, 0.15) is 30.6 Å². The number of amides is 1. The van der Waals surface area contributed by atoms with Gasteiger partial charge >= 0.3 is 0 Å². The van der Waals surface area contributed by atoms with Gasteiger partial charge in [0, 0.05) is 13.2 Å². The van der Waals surface area contributed by atoms with Crippen molar-refractivity contribution in [2.24, 2.45) is 0 Å². The lowest BCUT2D eigenvalue weighted by Crippen LogP contribution is -2.26. The molecule has 0 aliphatic carbocycles. The van der Waals surface area contributed by atoms with Gasteiger partial charge in [0.2, 0.25) is 0 Å². The minimum atomic E-state index is -0.729. The van der Waals surface area contributed by atoms with E-state index in [9.17, 15) is 13.6 Å². The molecule has 0 bridgehead atoms. The maximum atomic E-state index is 13.2. The van der Waals surface area contributed by atoms with Crippen molar-refractivity contribution in [1.29, 1.82) is 0 Å². The molecule has 5 heteroatoms. The van der Waals surface area contributed by atoms with Crippen molar-refractivity contribution in [2.75, 3.05) is 13.2 Å². The fraction of sp³-hybridized carbons (Fsp3) is 0.462. The minimum Gasteiger partial charge on any atom is -0.379 e. The van der Waals surface area contributed by atoms with E-state index in [4.69, 9.17) is 4.74 Å². The van der Waals surface area contributed by atoms with Crippen LogP contribution < -0.4 is 5.32 Å². The third kappa shape index (κ3) is 4.79. The predicted molar refractivity (Wildman–Crippen MR) is 64.4 cm³/mol. The summed E-state index contributed by atoms with van der Waals surface area (Å²) < 4.78 is 31.4. The summed E-state index contributed by atoms with van der Waals surface area (Å²) in [5.74, 6) is -1.98. The molecule has 0 unspecified atom stereocenters. The van der Waals surface area contributed by atoms with Gasteiger partial charge in [0.05, 0.1) is 11.7 Å². The van der Waals surface area contributed by atoms with Crippen LogP contribution in [0.4, 0.5) is 8.78 Å². The lowest BCUT2D eigenvalue weighted by molar-refractivity contribution is 0.0756. The number of hydrogen-bond acceptors (Lipinski definition) is 2. The smallest absolute Gasteiger partial charge is 0.254 e. The molecule has 18 heavy (non-hydrogen) atoms. The van der Waals surface area contributed by atoms with Crippen LogP contribution in [-0.4, -0.2) is 25.2 Å². The molecular formula is C13H17F2NO2. The highest BCUT2D eigenvalue weighted by molar-refractivity contribution is 5.94. The largest absolute Gasteiger partial charge is 0.379 e. The number of rotatable bonds is 6. The van der Waals surface area contributed by atoms with E-state index in [1.54, 1.807) is 0 Å². The molecule has 0 spiro atoms. The zero-order valence-corrected chi connectivity index (χ0v) is 10.5. The highest BCUT2D eigenvalue weighted by Crippen LogP contribution is 2.09. The molecule has 0 atom stereocenters. The molecule has 0 heterocycles. The summed E-state index contributed by atoms with van der Waals surface area (Å²) in [6.45, 7) is 4.71. The molecule has 0 aliphatic heterocycles. The first kappa shape index (κ1) is 14.6. The average molecular weight is 257 g/mol. The number of hydrogen-bond donors (Lipinski definition) is 1. The summed E-state index contributed by atoms with van der Waals surface area (Å²) in [5, 5.41) is 2.52. The molecule has 0 aromatic heterocycles. The number of carbonyl (C=O) groups is 1. The van der Waals surface area contributed by atoms with Gasteiger partial charge < -0.3 is 10.1 Å². The lowest BCUT2D eigenvalue weighted by atomic mass is 10.2. The van der Waals surface area contributed by atoms with E-state index in [-0.39, 0.29) is 11.7 Å². The summed E-state index contributed by atoms with van der Waals surface area (Å²) in [6.07, 6.45) is 0.766. The number of nitrogens with one attached hydrogen (secondary N) is 1. The lowest BCUT2D eigenvalue weighted by Gasteiger charge is -2.08. The van der Waals surface area contributed by atoms with E-state index >= 15 is 0 Å². The summed E-state index contributed by atoms with van der Waals surface area (Å²) in [5.41, 5.74) is -0.278. The Morgan fingerprint density at radius 3 is 2.78 bits per heavy atom. The van der Waals surface area contributed by atoms with Gasteiger partial charge in [-0.25, -0.2) is 8.78 Å². The van der Waals surface area contributed by atoms with Crippen molar-refractivity contribution in [1.82, 2.24) is 5.32 Å². The van der Waals surface area contributed by atoms with Crippen molar-refractivity contribution < 1.29 is 18.3 Å². The minimum absolute atomic E-state index is 0.140. The standard InChI is InChI=1S/C13H17F2NO2/c1-9(2)18-7-3-6-16-13(17)11-8-10(14)4-5-12(11)15/h4-5,8-9H,3,6-7H2,1-2H3,(H,16,17). The van der Waals surface area contributed by atoms with Crippen LogP contribution in [0.5, 0.6) is 0 Å². The first-order chi connectivity index (χ1) is 8.50. The second kappa shape index (κ2) is 7.06. The van der Waals surface area contributed by atoms with Gasteiger partial charge in [-0.15, -0.1) is 0 Å². The number of ether oxygens (including phenoxy) is 1. The Hall–Kier alpha value is -1.49. The molecule has 0 saturated heterocycles. The normalized spacial score (nSPS) is 10.7. The van der Waals surface area contributed by atoms with Crippen LogP contribution in [0.25, 0.3) is 0 Å². The molecule has 3 nitrogen and oxygen atoms in total. The zero-order valence-electron chi connectivity index (χ0n) is 10.5. The van der Waals surface area contributed by atoms with E-state index in [0.717, 1.165) is 18.2 Å². The third-order valence-electron chi connectivity index (χ3n) is 2.23. The van der Waals surface area contributed by atoms with E-state index in [0.29, 0.717) is 19.6 Å². The Labute approximate surface area is 105 Å². The van der Waals surface area contributed by atoms with Gasteiger partial charge in [0.25, 0.3) is 5.91 Å². The van der Waals surface area contributed by atoms with Crippen molar-refractivity contribution >= 4 is 5.91 Å². The Morgan fingerprint density at radius 1 is 1.39 bits per heavy atom. The third-order valence-corrected chi connectivity index (χ3v) is 2.23. The fourth-order valence-corrected chi connectivity index (χ4v) is 1.36. The number of benzene rings is 1. The van der Waals surface area contributed by atoms with Gasteiger partial charge in [0.15, 0.2) is 0 Å². The molecule has 100 valence electrons. The van der Waals surface area contributed by atoms with Crippen LogP contribution >= 0.6 is 0 Å². The van der Waals surface area contributed by atoms with Gasteiger partial charge in [-0.05, 0) is 38.5 Å². The van der Waals surface area contributed by atoms with Crippen LogP contribution in [0.15, 0.2) is 18.2 Å². The number of halogens is 2. The molecule has 1 N–H and O–H groups in total. The highest BCUT2D eigenvalue weighted by atomic mass is 19.1. The van der Waals surface area contributed by atoms with Crippen molar-refractivity contribution in [3.05, 3.63) is 35.4 Å². The molecule has 0 fully saturated rings. The second-order valence-corrected chi connectivity index (χ2v) is 4.15. The van der Waals surface area contributed by atoms with Crippen LogP contribution in [0, 0.1) is 11.6 Å². The average Bonchev–Trinajstić information content (AvgIpc) is 2.31. The van der Waals surface area contributed by atoms with E-state index in [1.807, 2.05) is 13.8 Å². The van der Waals surface area contributed by atoms with Gasteiger partial charge in [-0.2, -0.15) is 0 Å². The van der Waals surface area contributed by atoms with E-state index in [2.05, 4.69) is 5.32 Å². The van der Waals surface area contributed by atoms with Gasteiger partial charge in [-0.1, -0.05) is 0 Å². The van der Waals surface area contributed by atoms with Crippen molar-refractivity contribution in [3.8, 4) is 0 Å². The van der Waals surface area contributed by atoms with Crippen LogP contribution in [0.2, 0.25) is 0 Å². The Balaban J connectivity index is 2.39. The summed E-state index contributed by atoms with van der Waals surface area (Å²) >= 11 is 0. The van der Waals surface area contributed by atoms with E-state index in [1.165, 1.54) is 0 Å². The first-order valence-corrected chi connectivity index (χ1v) is 5.85. The van der Waals surface area contributed by atoms with Crippen molar-refractivity contribution in [3.63, 3.8) is 0 Å². The molecule has 1 aromatic rings. The summed E-state index contributed by atoms with van der Waals surface area (Å²) in [4.78, 5) is 11.6. The van der Waals surface area contributed by atoms with Crippen LogP contribution in [0.3, 0.4) is 0 Å². The van der Waals surface area contributed by atoms with Crippen LogP contribution in [-0.2, 0) is 4.74 Å². The van der Waals surface area contributed by atoms with E-state index < -0.39 is 17.5 Å². The molecule has 1 rings (SSSR count). The van der Waals surface area contributed by atoms with Crippen molar-refractivity contribution in [2.45, 2.75) is 26.4 Å². The van der Waals surface area contributed by atoms with Gasteiger partial charge in [0.1, 0.15) is 11.6 Å². The highest BCUT2D eigenvalue weighted by Gasteiger charge is 2.11. The summed E-state index contributed by atoms with van der Waals surface area (Å²) in [6, 6.07) is 2.80. The SMILES string of the molecule is CC(C)OCCCNC(=O)c1cc(F)ccc1F. The number of carbonyl (C=O) groups excluding carboxylic acids is 1. The monoisotopic (exact) mass is 257 g/mol. The predicted octanol–water partition coefficient (Wildman–Crippen LogP) is 2.51. The molecule has 1 aromatic carbocycles. The fourth-order valence-electron chi connectivity index (χ4n) is 1.36. The summed E-state index contributed by atoms with van der Waals surface area (Å²) in [7, 11) is 0. The first-order valence-electron chi connectivity index (χ1n) is 5.85. The molecule has 0 saturated carbocycles. The Bertz CT molecular complexity index is 408. The second-order valence-electron chi connectivity index (χ2n) is 4.15. The maximum absolute atomic E-state index is 13.2. The molecular weight excluding hydrogens is 240 g/mol. The Morgan fingerprint density at radius 2 is 2.11 bits per heavy atom. The molecule has 0 aliphatic rings. The van der Waals surface area contributed by atoms with Gasteiger partial charge in [-0.3, -0.25) is 4.79 Å². The zero-order chi connectivity index (χ0) is 13.5. The molecule has 1 amide bonds. The quantitative estimate of drug-likeness (QED) is 0.795.